The number of phosphoric ester groups is 4. The summed E-state index contributed by atoms with van der Waals surface area (Å²) >= 11 is 0. The third-order valence-corrected chi connectivity index (χ3v) is 19.5. The first kappa shape index (κ1) is 93.8. The minimum absolute atomic E-state index is 0.0144. The number of halogens is 3. The van der Waals surface area contributed by atoms with Crippen molar-refractivity contribution in [2.45, 2.75) is 169 Å². The van der Waals surface area contributed by atoms with Crippen molar-refractivity contribution in [3.8, 4) is 0 Å². The van der Waals surface area contributed by atoms with Crippen molar-refractivity contribution in [1.82, 2.24) is 63.5 Å². The number of phosphoric acid groups is 4. The first-order valence-electron chi connectivity index (χ1n) is 33.9. The second kappa shape index (κ2) is 39.9. The fourth-order valence-corrected chi connectivity index (χ4v) is 13.9. The second-order valence-corrected chi connectivity index (χ2v) is 31.4. The average molecular weight is 1770 g/mol. The first-order chi connectivity index (χ1) is 55.1. The van der Waals surface area contributed by atoms with Gasteiger partial charge in [-0.05, 0) is 69.6 Å². The van der Waals surface area contributed by atoms with E-state index in [9.17, 15) is 95.0 Å². The standard InChI is InChI=1S/C29H42N12O16P2.C24H34N12O14P2.C2HF3O2/c1-29(2,3)56-28(45)37-14(5-4-7-36-39-32)26(43)55-22-17(54-25(21(22)42)41-13-35-20-23(31)33-12-34-24(20)41)11-52-59(49,50)57-15-9-19(40-8-6-18(30)38-27(40)44)53-16(15)10-51-58(46,47)48;25-11(2-1-4-32-34-28)23(38)49-19-14(48-22(18(19)37)36-10-31-17-20(27)29-9-30-21(17)36)8-46-52(43,44)50-12-6-16(35-5-3-15(26)33-24(35)39)47-13(12)7-45-51(40,41)42;3-2(4,5)1(6)7/h6,8,12-17,19,21-22,25,42H,4-5,7,9-11H2,1-3H3,(H,37,45)(H,49,50)(H2,30,38,44)(H2,31,33,34)(H2,46,47,48);3,5,9-14,16,18-19,22,37H,1-2,4,6-8,25H2,(H,43,44)(H2,26,33,39)(H2,27,29,30)(H2,40,41,42);(H,6,7)/t14-,15-,16+,17+,19+,21+,22+,25+;11-,12-,13+,14+,16+,18+,19+,22+;/m00./s1. The van der Waals surface area contributed by atoms with Gasteiger partial charge in [0.2, 0.25) is 0 Å². The number of carboxylic acids is 1. The van der Waals surface area contributed by atoms with Gasteiger partial charge < -0.3 is 112 Å². The van der Waals surface area contributed by atoms with Crippen LogP contribution >= 0.6 is 31.3 Å². The summed E-state index contributed by atoms with van der Waals surface area (Å²) in [4.78, 5) is 168. The summed E-state index contributed by atoms with van der Waals surface area (Å²) in [5, 5.41) is 39.2. The van der Waals surface area contributed by atoms with E-state index in [1.54, 1.807) is 20.8 Å². The summed E-state index contributed by atoms with van der Waals surface area (Å²) in [5.41, 5.74) is 43.7. The molecule has 650 valence electrons. The Morgan fingerprint density at radius 1 is 0.619 bits per heavy atom. The van der Waals surface area contributed by atoms with Crippen LogP contribution in [-0.4, -0.2) is 251 Å². The second-order valence-electron chi connectivity index (χ2n) is 26.1. The van der Waals surface area contributed by atoms with Crippen molar-refractivity contribution >= 4 is 101 Å². The fraction of sp³-hybridized carbons (Fsp3) is 0.600. The number of rotatable bonds is 33. The number of anilines is 4. The molecular weight excluding hydrogens is 1690 g/mol. The van der Waals surface area contributed by atoms with Crippen molar-refractivity contribution in [2.24, 2.45) is 16.0 Å². The van der Waals surface area contributed by atoms with E-state index in [4.69, 9.17) is 101 Å². The van der Waals surface area contributed by atoms with Gasteiger partial charge in [-0.15, -0.1) is 0 Å². The highest BCUT2D eigenvalue weighted by Gasteiger charge is 2.53. The zero-order valence-electron chi connectivity index (χ0n) is 61.1. The number of aromatic nitrogens is 12. The normalized spacial score (nSPS) is 24.8. The number of nitrogens with zero attached hydrogens (tertiary/aromatic N) is 18. The number of aliphatic carboxylic acids is 1. The number of carbonyl (C=O) groups is 4. The van der Waals surface area contributed by atoms with E-state index in [2.05, 4.69) is 74.3 Å². The number of alkyl carbamates (subject to hydrolysis) is 1. The number of aliphatic hydroxyl groups excluding tert-OH is 2. The van der Waals surface area contributed by atoms with Crippen LogP contribution in [0.1, 0.15) is 84.2 Å². The van der Waals surface area contributed by atoms with Crippen molar-refractivity contribution in [3.05, 3.63) is 91.7 Å². The van der Waals surface area contributed by atoms with Gasteiger partial charge >= 0.3 is 72.8 Å². The van der Waals surface area contributed by atoms with E-state index in [1.165, 1.54) is 46.3 Å². The van der Waals surface area contributed by atoms with Gasteiger partial charge in [-0.3, -0.25) is 50.2 Å². The number of imidazole rings is 2. The first-order valence-corrected chi connectivity index (χ1v) is 39.9. The predicted octanol–water partition coefficient (Wildman–Crippen LogP) is -0.332. The maximum Gasteiger partial charge on any atom is 0.490 e. The zero-order chi connectivity index (χ0) is 87.2. The molecule has 0 saturated carbocycles. The van der Waals surface area contributed by atoms with Crippen molar-refractivity contribution in [3.63, 3.8) is 0 Å². The van der Waals surface area contributed by atoms with Crippen molar-refractivity contribution in [1.29, 1.82) is 0 Å². The molecule has 10 rings (SSSR count). The molecule has 1 amide bonds. The maximum absolute atomic E-state index is 13.7. The van der Waals surface area contributed by atoms with Crippen LogP contribution in [0.4, 0.5) is 41.2 Å². The van der Waals surface area contributed by atoms with Crippen LogP contribution < -0.4 is 45.4 Å². The number of hydrogen-bond acceptors (Lipinski definition) is 40. The predicted molar refractivity (Wildman–Crippen MR) is 381 cm³/mol. The fourth-order valence-electron chi connectivity index (χ4n) is 11.3. The van der Waals surface area contributed by atoms with E-state index < -0.39 is 203 Å². The van der Waals surface area contributed by atoms with Gasteiger partial charge in [0.15, 0.2) is 47.6 Å². The number of nitrogens with two attached hydrogens (primary N) is 5. The van der Waals surface area contributed by atoms with Crippen molar-refractivity contribution < 1.29 is 156 Å². The van der Waals surface area contributed by atoms with E-state index in [0.717, 1.165) is 21.8 Å². The molecule has 0 aliphatic carbocycles. The number of nitrogen functional groups attached to an aromatic ring is 4. The molecule has 0 spiro atoms. The lowest BCUT2D eigenvalue weighted by molar-refractivity contribution is -0.192. The Labute approximate surface area is 657 Å². The van der Waals surface area contributed by atoms with Crippen LogP contribution in [-0.2, 0) is 92.9 Å². The Bertz CT molecular complexity index is 4970. The van der Waals surface area contributed by atoms with Crippen LogP contribution in [0, 0.1) is 0 Å². The largest absolute Gasteiger partial charge is 0.490 e. The van der Waals surface area contributed by atoms with Gasteiger partial charge in [0.1, 0.15) is 114 Å². The minimum Gasteiger partial charge on any atom is -0.475 e. The monoisotopic (exact) mass is 1770 g/mol. The molecule has 2 unspecified atom stereocenters. The van der Waals surface area contributed by atoms with E-state index in [-0.39, 0.29) is 97.2 Å². The third-order valence-electron chi connectivity index (χ3n) is 16.5. The number of alkyl halides is 3. The maximum atomic E-state index is 13.7. The van der Waals surface area contributed by atoms with E-state index in [0.29, 0.717) is 0 Å². The smallest absolute Gasteiger partial charge is 0.475 e. The average Bonchev–Trinajstić information content (AvgIpc) is 1.62. The molecule has 4 fully saturated rings. The van der Waals surface area contributed by atoms with Crippen LogP contribution in [0.15, 0.2) is 69.7 Å². The molecule has 0 bridgehead atoms. The van der Waals surface area contributed by atoms with Crippen LogP contribution in [0.2, 0.25) is 0 Å². The molecule has 10 heterocycles. The highest BCUT2D eigenvalue weighted by Crippen LogP contribution is 2.52. The van der Waals surface area contributed by atoms with E-state index >= 15 is 0 Å². The van der Waals surface area contributed by atoms with Crippen LogP contribution in [0.5, 0.6) is 0 Å². The SMILES string of the molecule is CC(C)(C)OC(=O)N[C@@H](CCCN=[N+]=[N-])C(=O)O[C@H]1[C@@H](O)[C@H](n2cnc3c(N)ncnc32)O[C@@H]1COP(=O)(O)O[C@H]1C[C@H](n2ccc(N)nc2=O)O[C@@H]1COP(=O)(O)O.O=C(O)C(F)(F)F.[N-]=[N+]=NCCC[C@H](N)C(=O)O[C@H]1[C@@H](O)[C@H](n2cnc3c(N)ncnc32)O[C@@H]1COP(=O)(O)O[C@H]1C[C@H](n2ccc(N)nc2=O)O[C@@H]1COP(=O)(O)O. The number of hydrogen-bond donors (Lipinski definition) is 15. The number of fused-ring (bicyclic) bond motifs is 2. The summed E-state index contributed by atoms with van der Waals surface area (Å²) in [6.45, 7) is 1.30. The Hall–Kier alpha value is -9.69. The summed E-state index contributed by atoms with van der Waals surface area (Å²) in [6, 6.07) is -0.105. The number of nitrogens with one attached hydrogen (secondary N) is 1. The lowest BCUT2D eigenvalue weighted by Gasteiger charge is -2.26. The van der Waals surface area contributed by atoms with E-state index in [1.807, 2.05) is 0 Å². The summed E-state index contributed by atoms with van der Waals surface area (Å²) < 4.78 is 156. The lowest BCUT2D eigenvalue weighted by Crippen LogP contribution is -2.47. The molecule has 6 aromatic heterocycles. The number of aliphatic hydroxyl groups is 2. The van der Waals surface area contributed by atoms with Gasteiger partial charge in [0.05, 0.1) is 39.1 Å². The molecule has 0 aromatic carbocycles. The Kier molecular flexibility index (Phi) is 31.7. The number of amides is 1. The molecule has 4 aliphatic heterocycles. The molecule has 20 N–H and O–H groups in total. The topological polar surface area (TPSA) is 835 Å². The van der Waals surface area contributed by atoms with Gasteiger partial charge in [0.25, 0.3) is 0 Å². The quantitative estimate of drug-likeness (QED) is 0.00477. The van der Waals surface area contributed by atoms with Gasteiger partial charge in [-0.1, -0.05) is 10.2 Å². The number of carboxylic acid groups (broad SMARTS) is 1. The molecule has 0 radical (unpaired) electrons. The van der Waals surface area contributed by atoms with Crippen molar-refractivity contribution in [2.75, 3.05) is 62.5 Å². The summed E-state index contributed by atoms with van der Waals surface area (Å²) in [6.07, 6.45) is -20.2. The summed E-state index contributed by atoms with van der Waals surface area (Å²) in [5.74, 6) is -5.07. The van der Waals surface area contributed by atoms with Gasteiger partial charge in [0, 0.05) is 48.1 Å². The summed E-state index contributed by atoms with van der Waals surface area (Å²) in [7, 11) is -20.5. The molecule has 4 aliphatic rings. The molecule has 18 atom stereocenters. The number of carbonyl (C=O) groups excluding carboxylic acids is 3. The number of azide groups is 2. The number of ether oxygens (including phenoxy) is 7. The molecular formula is C55H77F3N24O32P4. The Morgan fingerprint density at radius 2 is 1.02 bits per heavy atom. The lowest BCUT2D eigenvalue weighted by atomic mass is 10.1. The van der Waals surface area contributed by atoms with Gasteiger partial charge in [-0.25, -0.2) is 72.1 Å². The molecule has 118 heavy (non-hydrogen) atoms. The Morgan fingerprint density at radius 3 is 1.40 bits per heavy atom. The minimum atomic E-state index is -5.24. The Balaban J connectivity index is 0.000000274. The molecule has 56 nitrogen and oxygen atoms in total. The molecule has 6 aromatic rings. The van der Waals surface area contributed by atoms with Crippen LogP contribution in [0.25, 0.3) is 43.2 Å². The molecule has 4 saturated heterocycles. The zero-order valence-corrected chi connectivity index (χ0v) is 64.7. The number of esters is 2. The van der Waals surface area contributed by atoms with Gasteiger partial charge in [-0.2, -0.15) is 23.1 Å². The highest BCUT2D eigenvalue weighted by atomic mass is 31.2. The molecule has 63 heteroatoms. The van der Waals surface area contributed by atoms with Crippen LogP contribution in [0.3, 0.4) is 0 Å². The third kappa shape index (κ3) is 26.4. The highest BCUT2D eigenvalue weighted by molar-refractivity contribution is 7.47.